The van der Waals surface area contributed by atoms with E-state index in [4.69, 9.17) is 0 Å². The highest BCUT2D eigenvalue weighted by atomic mass is 16.2. The quantitative estimate of drug-likeness (QED) is 0.827. The Morgan fingerprint density at radius 2 is 2.16 bits per heavy atom. The summed E-state index contributed by atoms with van der Waals surface area (Å²) in [6.45, 7) is 5.21. The molecule has 2 aliphatic carbocycles. The van der Waals surface area contributed by atoms with Gasteiger partial charge in [0.05, 0.1) is 0 Å². The monoisotopic (exact) mass is 264 g/mol. The molecule has 2 saturated carbocycles. The number of fused-ring (bicyclic) bond motifs is 2. The molecule has 0 aromatic rings. The van der Waals surface area contributed by atoms with Gasteiger partial charge in [0, 0.05) is 25.6 Å². The van der Waals surface area contributed by atoms with Crippen LogP contribution in [0.3, 0.4) is 0 Å². The van der Waals surface area contributed by atoms with E-state index in [2.05, 4.69) is 17.1 Å². The van der Waals surface area contributed by atoms with Gasteiger partial charge in [0.25, 0.3) is 0 Å². The lowest BCUT2D eigenvalue weighted by molar-refractivity contribution is -0.134. The molecule has 1 heterocycles. The summed E-state index contributed by atoms with van der Waals surface area (Å²) in [5.74, 6) is 2.97. The van der Waals surface area contributed by atoms with Gasteiger partial charge in [-0.05, 0) is 56.4 Å². The number of nitrogens with zero attached hydrogens (tertiary/aromatic N) is 1. The van der Waals surface area contributed by atoms with Crippen molar-refractivity contribution in [1.29, 1.82) is 0 Å². The predicted octanol–water partition coefficient (Wildman–Crippen LogP) is 2.41. The summed E-state index contributed by atoms with van der Waals surface area (Å²) in [6, 6.07) is 0.464. The molecule has 3 nitrogen and oxygen atoms in total. The van der Waals surface area contributed by atoms with Crippen molar-refractivity contribution in [3.63, 3.8) is 0 Å². The molecular formula is C16H28N2O. The van der Waals surface area contributed by atoms with Gasteiger partial charge in [-0.2, -0.15) is 0 Å². The van der Waals surface area contributed by atoms with Gasteiger partial charge in [-0.25, -0.2) is 0 Å². The standard InChI is InChI=1S/C16H28N2O/c1-2-7-18(15-5-6-17-11-15)16(19)10-14-9-12-3-4-13(14)8-12/h12-15,17H,2-11H2,1H3. The van der Waals surface area contributed by atoms with Gasteiger partial charge in [0.2, 0.25) is 5.91 Å². The van der Waals surface area contributed by atoms with Crippen molar-refractivity contribution in [2.75, 3.05) is 19.6 Å². The maximum Gasteiger partial charge on any atom is 0.223 e. The van der Waals surface area contributed by atoms with Crippen LogP contribution in [0.1, 0.15) is 51.9 Å². The fourth-order valence-electron chi connectivity index (χ4n) is 4.63. The van der Waals surface area contributed by atoms with E-state index in [-0.39, 0.29) is 0 Å². The Morgan fingerprint density at radius 3 is 2.74 bits per heavy atom. The van der Waals surface area contributed by atoms with Crippen LogP contribution in [0.4, 0.5) is 0 Å². The average molecular weight is 264 g/mol. The van der Waals surface area contributed by atoms with E-state index in [1.54, 1.807) is 0 Å². The normalized spacial score (nSPS) is 36.9. The van der Waals surface area contributed by atoms with Crippen LogP contribution in [-0.4, -0.2) is 36.5 Å². The van der Waals surface area contributed by atoms with E-state index in [1.807, 2.05) is 0 Å². The first kappa shape index (κ1) is 13.4. The zero-order chi connectivity index (χ0) is 13.2. The van der Waals surface area contributed by atoms with Gasteiger partial charge in [0.15, 0.2) is 0 Å². The molecule has 3 fully saturated rings. The summed E-state index contributed by atoms with van der Waals surface area (Å²) >= 11 is 0. The van der Waals surface area contributed by atoms with Crippen molar-refractivity contribution < 1.29 is 4.79 Å². The van der Waals surface area contributed by atoms with Crippen LogP contribution in [0, 0.1) is 17.8 Å². The molecule has 0 spiro atoms. The minimum atomic E-state index is 0.438. The van der Waals surface area contributed by atoms with Crippen molar-refractivity contribution >= 4 is 5.91 Å². The highest BCUT2D eigenvalue weighted by molar-refractivity contribution is 5.77. The van der Waals surface area contributed by atoms with Crippen molar-refractivity contribution in [2.45, 2.75) is 57.9 Å². The highest BCUT2D eigenvalue weighted by Gasteiger charge is 2.41. The maximum absolute atomic E-state index is 12.7. The summed E-state index contributed by atoms with van der Waals surface area (Å²) < 4.78 is 0. The summed E-state index contributed by atoms with van der Waals surface area (Å²) in [4.78, 5) is 14.8. The van der Waals surface area contributed by atoms with Crippen LogP contribution in [0.5, 0.6) is 0 Å². The second kappa shape index (κ2) is 5.82. The fourth-order valence-corrected chi connectivity index (χ4v) is 4.63. The number of carbonyl (C=O) groups is 1. The lowest BCUT2D eigenvalue weighted by Crippen LogP contribution is -2.43. The second-order valence-corrected chi connectivity index (χ2v) is 6.87. The van der Waals surface area contributed by atoms with Crippen LogP contribution >= 0.6 is 0 Å². The fraction of sp³-hybridized carbons (Fsp3) is 0.938. The van der Waals surface area contributed by atoms with Crippen LogP contribution in [0.25, 0.3) is 0 Å². The van der Waals surface area contributed by atoms with Crippen molar-refractivity contribution in [3.8, 4) is 0 Å². The Labute approximate surface area is 117 Å². The molecule has 2 bridgehead atoms. The number of hydrogen-bond donors (Lipinski definition) is 1. The molecule has 3 rings (SSSR count). The smallest absolute Gasteiger partial charge is 0.223 e. The number of amides is 1. The minimum Gasteiger partial charge on any atom is -0.338 e. The molecule has 1 N–H and O–H groups in total. The predicted molar refractivity (Wildman–Crippen MR) is 76.8 cm³/mol. The summed E-state index contributed by atoms with van der Waals surface area (Å²) in [5.41, 5.74) is 0. The number of nitrogens with one attached hydrogen (secondary N) is 1. The molecule has 1 saturated heterocycles. The van der Waals surface area contributed by atoms with Gasteiger partial charge < -0.3 is 10.2 Å². The summed E-state index contributed by atoms with van der Waals surface area (Å²) in [7, 11) is 0. The molecular weight excluding hydrogens is 236 g/mol. The number of rotatable bonds is 5. The van der Waals surface area contributed by atoms with E-state index >= 15 is 0 Å². The van der Waals surface area contributed by atoms with Gasteiger partial charge in [0.1, 0.15) is 0 Å². The Kier molecular flexibility index (Phi) is 4.11. The van der Waals surface area contributed by atoms with E-state index in [0.29, 0.717) is 17.9 Å². The van der Waals surface area contributed by atoms with Gasteiger partial charge in [-0.1, -0.05) is 13.3 Å². The molecule has 0 aromatic heterocycles. The lowest BCUT2D eigenvalue weighted by Gasteiger charge is -2.31. The first-order valence-electron chi connectivity index (χ1n) is 8.28. The van der Waals surface area contributed by atoms with E-state index in [0.717, 1.165) is 50.7 Å². The second-order valence-electron chi connectivity index (χ2n) is 6.87. The molecule has 1 aliphatic heterocycles. The number of carbonyl (C=O) groups excluding carboxylic acids is 1. The maximum atomic E-state index is 12.7. The largest absolute Gasteiger partial charge is 0.338 e. The van der Waals surface area contributed by atoms with E-state index in [9.17, 15) is 4.79 Å². The Balaban J connectivity index is 1.57. The zero-order valence-electron chi connectivity index (χ0n) is 12.2. The molecule has 3 aliphatic rings. The van der Waals surface area contributed by atoms with Crippen LogP contribution in [-0.2, 0) is 4.79 Å². The molecule has 19 heavy (non-hydrogen) atoms. The summed E-state index contributed by atoms with van der Waals surface area (Å²) in [5, 5.41) is 3.39. The van der Waals surface area contributed by atoms with Crippen molar-refractivity contribution in [3.05, 3.63) is 0 Å². The van der Waals surface area contributed by atoms with E-state index < -0.39 is 0 Å². The molecule has 0 radical (unpaired) electrons. The van der Waals surface area contributed by atoms with Crippen LogP contribution in [0.2, 0.25) is 0 Å². The van der Waals surface area contributed by atoms with Crippen LogP contribution in [0.15, 0.2) is 0 Å². The third-order valence-electron chi connectivity index (χ3n) is 5.58. The molecule has 4 atom stereocenters. The topological polar surface area (TPSA) is 32.3 Å². The SMILES string of the molecule is CCCN(C(=O)CC1CC2CCC1C2)C1CCNC1. The third kappa shape index (κ3) is 2.81. The minimum absolute atomic E-state index is 0.438. The molecule has 1 amide bonds. The molecule has 3 heteroatoms. The Bertz CT molecular complexity index is 325. The molecule has 108 valence electrons. The molecule has 4 unspecified atom stereocenters. The first-order valence-corrected chi connectivity index (χ1v) is 8.28. The van der Waals surface area contributed by atoms with E-state index in [1.165, 1.54) is 25.7 Å². The Hall–Kier alpha value is -0.570. The highest BCUT2D eigenvalue weighted by Crippen LogP contribution is 2.49. The van der Waals surface area contributed by atoms with Gasteiger partial charge in [-0.15, -0.1) is 0 Å². The summed E-state index contributed by atoms with van der Waals surface area (Å²) in [6.07, 6.45) is 8.62. The van der Waals surface area contributed by atoms with Crippen molar-refractivity contribution in [2.24, 2.45) is 17.8 Å². The van der Waals surface area contributed by atoms with Gasteiger partial charge in [-0.3, -0.25) is 4.79 Å². The average Bonchev–Trinajstić information content (AvgIpc) is 3.12. The third-order valence-corrected chi connectivity index (χ3v) is 5.58. The van der Waals surface area contributed by atoms with Crippen LogP contribution < -0.4 is 5.32 Å². The first-order chi connectivity index (χ1) is 9.28. The van der Waals surface area contributed by atoms with Gasteiger partial charge >= 0.3 is 0 Å². The van der Waals surface area contributed by atoms with Crippen molar-refractivity contribution in [1.82, 2.24) is 10.2 Å². The molecule has 0 aromatic carbocycles. The zero-order valence-corrected chi connectivity index (χ0v) is 12.2. The lowest BCUT2D eigenvalue weighted by atomic mass is 9.86. The Morgan fingerprint density at radius 1 is 1.26 bits per heavy atom. The number of hydrogen-bond acceptors (Lipinski definition) is 2.